The lowest BCUT2D eigenvalue weighted by atomic mass is 9.79. The molecule has 19 nitrogen and oxygen atoms in total. The second-order valence-corrected chi connectivity index (χ2v) is 24.5. The van der Waals surface area contributed by atoms with E-state index in [2.05, 4.69) is 38.4 Å². The van der Waals surface area contributed by atoms with E-state index < -0.39 is 87.5 Å². The van der Waals surface area contributed by atoms with Crippen molar-refractivity contribution in [2.75, 3.05) is 47.2 Å². The van der Waals surface area contributed by atoms with Gasteiger partial charge in [-0.25, -0.2) is 23.8 Å². The highest BCUT2D eigenvalue weighted by Gasteiger charge is 2.54. The van der Waals surface area contributed by atoms with Crippen LogP contribution in [0.15, 0.2) is 200 Å². The molecule has 0 aliphatic carbocycles. The summed E-state index contributed by atoms with van der Waals surface area (Å²) in [5.74, 6) is -2.09. The van der Waals surface area contributed by atoms with Gasteiger partial charge in [0.25, 0.3) is 8.53 Å². The summed E-state index contributed by atoms with van der Waals surface area (Å²) in [5, 5.41) is 9.51. The van der Waals surface area contributed by atoms with E-state index in [4.69, 9.17) is 51.7 Å². The summed E-state index contributed by atoms with van der Waals surface area (Å²) in [7, 11) is 1.54. The first-order valence-corrected chi connectivity index (χ1v) is 32.6. The van der Waals surface area contributed by atoms with Gasteiger partial charge in [-0.2, -0.15) is 5.26 Å². The number of hydrogen-bond donors (Lipinski definition) is 0. The largest absolute Gasteiger partial charge is 0.497 e. The minimum absolute atomic E-state index is 0.0235. The summed E-state index contributed by atoms with van der Waals surface area (Å²) in [6.07, 6.45) is -7.11. The molecule has 0 N–H and O–H groups in total. The van der Waals surface area contributed by atoms with Crippen LogP contribution in [0.25, 0.3) is 0 Å². The van der Waals surface area contributed by atoms with Crippen molar-refractivity contribution in [3.05, 3.63) is 239 Å². The molecule has 492 valence electrons. The standard InChI is InChI=1S/C74H80N3O16P/c1-51(2)77(52(3)4)94(87-46-24-44-75)88-49-60-47-63(93-74(57-33-20-11-21-34-57,58-36-40-61(83-5)41-37-58)59-38-42-62(84-6)43-39-59)48-76(60)65(78)35-22-23-45-85-73-68(92-72(82)56-31-18-10-19-32-56)67(91-71(81)55-29-16-9-17-30-55)66(90-70(80)54-27-14-8-15-28-54)64(89-73)50-86-69(79)53-25-12-7-13-26-53/h7-21,25-34,36-43,51-52,60,63-64,66-68,73H,22-24,35,45-50H2,1-6H3/t60-,63+,64?,66-,67-,68?,73+,94?/m0/s1. The third-order valence-corrected chi connectivity index (χ3v) is 18.1. The second-order valence-electron chi connectivity index (χ2n) is 23.1. The van der Waals surface area contributed by atoms with Crippen molar-refractivity contribution in [3.63, 3.8) is 0 Å². The first-order valence-electron chi connectivity index (χ1n) is 31.5. The number of amides is 1. The van der Waals surface area contributed by atoms with E-state index in [-0.39, 0.29) is 85.9 Å². The first-order chi connectivity index (χ1) is 45.7. The Morgan fingerprint density at radius 1 is 0.564 bits per heavy atom. The number of methoxy groups -OCH3 is 2. The zero-order chi connectivity index (χ0) is 66.4. The van der Waals surface area contributed by atoms with Crippen LogP contribution in [0.3, 0.4) is 0 Å². The van der Waals surface area contributed by atoms with Crippen molar-refractivity contribution in [3.8, 4) is 17.6 Å². The molecule has 0 bridgehead atoms. The zero-order valence-electron chi connectivity index (χ0n) is 53.6. The fourth-order valence-electron chi connectivity index (χ4n) is 11.5. The molecule has 7 aromatic carbocycles. The summed E-state index contributed by atoms with van der Waals surface area (Å²) in [5.41, 5.74) is 1.96. The van der Waals surface area contributed by atoms with Gasteiger partial charge in [0.05, 0.1) is 74.3 Å². The molecule has 2 aliphatic heterocycles. The smallest absolute Gasteiger partial charge is 0.338 e. The Kier molecular flexibility index (Phi) is 25.4. The molecule has 8 atom stereocenters. The fourth-order valence-corrected chi connectivity index (χ4v) is 13.2. The number of likely N-dealkylation sites (tertiary alicyclic amines) is 1. The molecule has 0 spiro atoms. The third-order valence-electron chi connectivity index (χ3n) is 16.1. The number of rotatable bonds is 31. The number of benzene rings is 7. The maximum atomic E-state index is 15.1. The Balaban J connectivity index is 1.01. The summed E-state index contributed by atoms with van der Waals surface area (Å²) in [6.45, 7) is 8.07. The number of carbonyl (C=O) groups is 5. The maximum absolute atomic E-state index is 15.1. The van der Waals surface area contributed by atoms with Gasteiger partial charge in [0.1, 0.15) is 29.8 Å². The number of ether oxygens (including phenoxy) is 9. The van der Waals surface area contributed by atoms with Gasteiger partial charge < -0.3 is 56.6 Å². The van der Waals surface area contributed by atoms with Crippen molar-refractivity contribution in [1.82, 2.24) is 9.57 Å². The molecule has 2 fully saturated rings. The van der Waals surface area contributed by atoms with Crippen molar-refractivity contribution in [1.29, 1.82) is 5.26 Å². The molecule has 2 heterocycles. The highest BCUT2D eigenvalue weighted by atomic mass is 31.2. The molecule has 94 heavy (non-hydrogen) atoms. The molecule has 7 aromatic rings. The molecule has 9 rings (SSSR count). The predicted octanol–water partition coefficient (Wildman–Crippen LogP) is 12.7. The quantitative estimate of drug-likeness (QED) is 0.0130. The van der Waals surface area contributed by atoms with Crippen molar-refractivity contribution < 1.29 is 75.7 Å². The lowest BCUT2D eigenvalue weighted by Crippen LogP contribution is -2.63. The minimum Gasteiger partial charge on any atom is -0.497 e. The van der Waals surface area contributed by atoms with Crippen LogP contribution < -0.4 is 9.47 Å². The van der Waals surface area contributed by atoms with Crippen LogP contribution in [0.4, 0.5) is 0 Å². The lowest BCUT2D eigenvalue weighted by molar-refractivity contribution is -0.298. The van der Waals surface area contributed by atoms with Crippen LogP contribution in [0.1, 0.15) is 118 Å². The van der Waals surface area contributed by atoms with E-state index in [1.54, 1.807) is 123 Å². The molecular weight excluding hydrogens is 1220 g/mol. The van der Waals surface area contributed by atoms with Gasteiger partial charge in [0.2, 0.25) is 5.91 Å². The molecule has 2 aliphatic rings. The fraction of sp³-hybridized carbons (Fsp3) is 0.351. The first kappa shape index (κ1) is 69.5. The van der Waals surface area contributed by atoms with E-state index in [1.165, 1.54) is 12.1 Å². The van der Waals surface area contributed by atoms with Gasteiger partial charge in [-0.15, -0.1) is 0 Å². The number of nitriles is 1. The van der Waals surface area contributed by atoms with Crippen LogP contribution in [-0.4, -0.2) is 141 Å². The van der Waals surface area contributed by atoms with Crippen LogP contribution in [0.2, 0.25) is 0 Å². The van der Waals surface area contributed by atoms with Gasteiger partial charge in [0.15, 0.2) is 24.6 Å². The zero-order valence-corrected chi connectivity index (χ0v) is 54.5. The van der Waals surface area contributed by atoms with Crippen LogP contribution >= 0.6 is 8.53 Å². The monoisotopic (exact) mass is 1300 g/mol. The molecule has 3 unspecified atom stereocenters. The average molecular weight is 1300 g/mol. The van der Waals surface area contributed by atoms with Gasteiger partial charge >= 0.3 is 23.9 Å². The summed E-state index contributed by atoms with van der Waals surface area (Å²) >= 11 is 0. The highest BCUT2D eigenvalue weighted by Crippen LogP contribution is 2.48. The van der Waals surface area contributed by atoms with E-state index in [9.17, 15) is 24.4 Å². The van der Waals surface area contributed by atoms with Crippen molar-refractivity contribution in [2.24, 2.45) is 0 Å². The summed E-state index contributed by atoms with van der Waals surface area (Å²) < 4.78 is 71.9. The molecule has 1 amide bonds. The Bertz CT molecular complexity index is 3510. The van der Waals surface area contributed by atoms with Gasteiger partial charge in [0, 0.05) is 31.7 Å². The van der Waals surface area contributed by atoms with E-state index in [1.807, 2.05) is 83.8 Å². The lowest BCUT2D eigenvalue weighted by Gasteiger charge is -2.44. The van der Waals surface area contributed by atoms with Crippen molar-refractivity contribution in [2.45, 2.75) is 120 Å². The minimum atomic E-state index is -1.69. The Morgan fingerprint density at radius 3 is 1.50 bits per heavy atom. The number of nitrogens with zero attached hydrogens (tertiary/aromatic N) is 3. The van der Waals surface area contributed by atoms with E-state index in [0.717, 1.165) is 16.7 Å². The molecule has 0 aromatic heterocycles. The van der Waals surface area contributed by atoms with Gasteiger partial charge in [-0.1, -0.05) is 127 Å². The highest BCUT2D eigenvalue weighted by molar-refractivity contribution is 7.44. The molecular formula is C74H80N3O16P. The SMILES string of the molecule is COc1ccc(C(O[C@@H]2C[C@@H](COP(OCCC#N)N(C(C)C)C(C)C)N(C(=O)CCCCO[C@@H]3OC(COC(=O)c4ccccc4)[C@H](OC(=O)c4ccccc4)[C@H](OC(=O)c4ccccc4)C3OC(=O)c3ccccc3)C2)(c2ccccc2)c2ccc(OC)cc2)cc1. The Morgan fingerprint density at radius 2 is 1.02 bits per heavy atom. The van der Waals surface area contributed by atoms with Crippen LogP contribution in [-0.2, 0) is 52.6 Å². The number of hydrogen-bond acceptors (Lipinski definition) is 18. The Labute approximate surface area is 550 Å². The van der Waals surface area contributed by atoms with E-state index in [0.29, 0.717) is 24.3 Å². The number of unbranched alkanes of at least 4 members (excludes halogenated alkanes) is 1. The molecule has 2 saturated heterocycles. The summed E-state index contributed by atoms with van der Waals surface area (Å²) in [6, 6.07) is 59.8. The second kappa shape index (κ2) is 34.4. The molecule has 0 saturated carbocycles. The molecule has 0 radical (unpaired) electrons. The maximum Gasteiger partial charge on any atom is 0.338 e. The van der Waals surface area contributed by atoms with Crippen LogP contribution in [0, 0.1) is 11.3 Å². The predicted molar refractivity (Wildman–Crippen MR) is 351 cm³/mol. The van der Waals surface area contributed by atoms with Crippen LogP contribution in [0.5, 0.6) is 11.5 Å². The van der Waals surface area contributed by atoms with Gasteiger partial charge in [-0.3, -0.25) is 4.79 Å². The Hall–Kier alpha value is -8.83. The topological polar surface area (TPSA) is 217 Å². The number of esters is 4. The third kappa shape index (κ3) is 17.9. The number of carbonyl (C=O) groups excluding carboxylic acids is 5. The van der Waals surface area contributed by atoms with Gasteiger partial charge in [-0.05, 0) is 136 Å². The summed E-state index contributed by atoms with van der Waals surface area (Å²) in [4.78, 5) is 73.1. The van der Waals surface area contributed by atoms with E-state index >= 15 is 4.79 Å². The average Bonchev–Trinajstić information content (AvgIpc) is 1.14. The van der Waals surface area contributed by atoms with Crippen molar-refractivity contribution >= 4 is 38.3 Å². The molecule has 20 heteroatoms. The normalized spacial score (nSPS) is 19.0.